The number of carbonyl (C=O) groups is 1. The van der Waals surface area contributed by atoms with Crippen LogP contribution in [0.2, 0.25) is 0 Å². The number of nitrogens with one attached hydrogen (secondary N) is 2. The highest BCUT2D eigenvalue weighted by atomic mass is 19.1. The van der Waals surface area contributed by atoms with Crippen molar-refractivity contribution in [2.24, 2.45) is 5.41 Å². The maximum atomic E-state index is 13.8. The van der Waals surface area contributed by atoms with Gasteiger partial charge in [-0.2, -0.15) is 0 Å². The lowest BCUT2D eigenvalue weighted by Crippen LogP contribution is -2.39. The van der Waals surface area contributed by atoms with Crippen LogP contribution in [0.25, 0.3) is 0 Å². The van der Waals surface area contributed by atoms with E-state index in [-0.39, 0.29) is 17.1 Å². The fourth-order valence-electron chi connectivity index (χ4n) is 3.37. The fourth-order valence-corrected chi connectivity index (χ4v) is 3.37. The first-order valence-electron chi connectivity index (χ1n) is 7.57. The third-order valence-electron chi connectivity index (χ3n) is 4.70. The largest absolute Gasteiger partial charge is 0.494 e. The van der Waals surface area contributed by atoms with Gasteiger partial charge in [0.05, 0.1) is 23.9 Å². The van der Waals surface area contributed by atoms with E-state index in [0.29, 0.717) is 12.2 Å². The second-order valence-electron chi connectivity index (χ2n) is 6.03. The number of fused-ring (bicyclic) bond motifs is 1. The Morgan fingerprint density at radius 3 is 2.52 bits per heavy atom. The molecule has 0 bridgehead atoms. The molecule has 4 nitrogen and oxygen atoms in total. The second kappa shape index (κ2) is 5.54. The summed E-state index contributed by atoms with van der Waals surface area (Å²) in [7, 11) is 1.44. The molecular formula is C16H21FN2O2. The van der Waals surface area contributed by atoms with Crippen molar-refractivity contribution in [3.8, 4) is 5.75 Å². The van der Waals surface area contributed by atoms with Crippen LogP contribution in [0.1, 0.15) is 38.5 Å². The molecule has 1 heterocycles. The van der Waals surface area contributed by atoms with E-state index >= 15 is 0 Å². The number of hydrogen-bond donors (Lipinski definition) is 2. The first kappa shape index (κ1) is 14.2. The van der Waals surface area contributed by atoms with Gasteiger partial charge < -0.3 is 15.4 Å². The lowest BCUT2D eigenvalue weighted by molar-refractivity contribution is -0.125. The monoisotopic (exact) mass is 292 g/mol. The normalized spacial score (nSPS) is 20.8. The standard InChI is InChI=1S/C16H21FN2O2/c1-21-14-9-12-13(8-11(14)17)19-15(20)16(10-18-12)6-4-2-3-5-7-16/h8-9,18H,2-7,10H2,1H3,(H,19,20). The van der Waals surface area contributed by atoms with Crippen LogP contribution in [0.5, 0.6) is 5.75 Å². The van der Waals surface area contributed by atoms with Crippen LogP contribution in [0.15, 0.2) is 12.1 Å². The molecule has 1 aliphatic carbocycles. The second-order valence-corrected chi connectivity index (χ2v) is 6.03. The summed E-state index contributed by atoms with van der Waals surface area (Å²) in [4.78, 5) is 12.7. The fraction of sp³-hybridized carbons (Fsp3) is 0.562. The molecule has 1 spiro atoms. The Hall–Kier alpha value is -1.78. The van der Waals surface area contributed by atoms with Crippen LogP contribution >= 0.6 is 0 Å². The molecule has 0 aromatic heterocycles. The maximum absolute atomic E-state index is 13.8. The van der Waals surface area contributed by atoms with Crippen LogP contribution in [-0.4, -0.2) is 19.6 Å². The van der Waals surface area contributed by atoms with Gasteiger partial charge in [-0.05, 0) is 12.8 Å². The highest BCUT2D eigenvalue weighted by Crippen LogP contribution is 2.41. The van der Waals surface area contributed by atoms with Gasteiger partial charge in [-0.25, -0.2) is 4.39 Å². The molecule has 0 unspecified atom stereocenters. The third-order valence-corrected chi connectivity index (χ3v) is 4.70. The molecule has 1 aromatic carbocycles. The first-order valence-corrected chi connectivity index (χ1v) is 7.57. The Morgan fingerprint density at radius 2 is 1.86 bits per heavy atom. The topological polar surface area (TPSA) is 50.4 Å². The lowest BCUT2D eigenvalue weighted by atomic mass is 9.79. The van der Waals surface area contributed by atoms with Gasteiger partial charge in [0, 0.05) is 18.7 Å². The molecule has 2 aliphatic rings. The summed E-state index contributed by atoms with van der Waals surface area (Å²) in [5.74, 6) is -0.261. The summed E-state index contributed by atoms with van der Waals surface area (Å²) >= 11 is 0. The van der Waals surface area contributed by atoms with E-state index in [9.17, 15) is 9.18 Å². The molecule has 114 valence electrons. The Morgan fingerprint density at radius 1 is 1.14 bits per heavy atom. The quantitative estimate of drug-likeness (QED) is 0.832. The van der Waals surface area contributed by atoms with Gasteiger partial charge in [-0.15, -0.1) is 0 Å². The van der Waals surface area contributed by atoms with Gasteiger partial charge in [0.1, 0.15) is 0 Å². The zero-order chi connectivity index (χ0) is 14.9. The van der Waals surface area contributed by atoms with Crippen molar-refractivity contribution in [3.05, 3.63) is 17.9 Å². The Kier molecular flexibility index (Phi) is 3.74. The van der Waals surface area contributed by atoms with E-state index in [2.05, 4.69) is 10.6 Å². The predicted octanol–water partition coefficient (Wildman–Crippen LogP) is 3.54. The highest BCUT2D eigenvalue weighted by Gasteiger charge is 2.40. The molecule has 1 amide bonds. The zero-order valence-corrected chi connectivity index (χ0v) is 12.3. The van der Waals surface area contributed by atoms with Crippen molar-refractivity contribution in [1.29, 1.82) is 0 Å². The lowest BCUT2D eigenvalue weighted by Gasteiger charge is -2.29. The third kappa shape index (κ3) is 2.57. The zero-order valence-electron chi connectivity index (χ0n) is 12.3. The minimum atomic E-state index is -0.463. The van der Waals surface area contributed by atoms with Crippen LogP contribution in [0, 0.1) is 11.2 Å². The van der Waals surface area contributed by atoms with Gasteiger partial charge >= 0.3 is 0 Å². The molecule has 0 atom stereocenters. The molecule has 0 radical (unpaired) electrons. The van der Waals surface area contributed by atoms with Crippen molar-refractivity contribution >= 4 is 17.3 Å². The van der Waals surface area contributed by atoms with Crippen LogP contribution in [0.3, 0.4) is 0 Å². The van der Waals surface area contributed by atoms with Gasteiger partial charge in [-0.1, -0.05) is 25.7 Å². The molecule has 21 heavy (non-hydrogen) atoms. The van der Waals surface area contributed by atoms with E-state index in [1.54, 1.807) is 6.07 Å². The number of methoxy groups -OCH3 is 1. The molecule has 1 saturated carbocycles. The highest BCUT2D eigenvalue weighted by molar-refractivity contribution is 6.00. The number of halogens is 1. The average molecular weight is 292 g/mol. The Bertz CT molecular complexity index is 551. The van der Waals surface area contributed by atoms with Gasteiger partial charge in [0.25, 0.3) is 0 Å². The summed E-state index contributed by atoms with van der Waals surface area (Å²) in [5, 5.41) is 6.22. The minimum absolute atomic E-state index is 0.0141. The summed E-state index contributed by atoms with van der Waals surface area (Å²) in [6.45, 7) is 0.598. The average Bonchev–Trinajstić information content (AvgIpc) is 2.78. The van der Waals surface area contributed by atoms with Crippen molar-refractivity contribution in [1.82, 2.24) is 0 Å². The minimum Gasteiger partial charge on any atom is -0.494 e. The first-order chi connectivity index (χ1) is 10.1. The molecule has 5 heteroatoms. The molecule has 1 aliphatic heterocycles. The molecule has 2 N–H and O–H groups in total. The number of carbonyl (C=O) groups excluding carboxylic acids is 1. The summed E-state index contributed by atoms with van der Waals surface area (Å²) in [6, 6.07) is 2.94. The van der Waals surface area contributed by atoms with Crippen LogP contribution < -0.4 is 15.4 Å². The molecule has 1 fully saturated rings. The SMILES string of the molecule is COc1cc2c(cc1F)NC(=O)C1(CCCCCC1)CN2. The summed E-state index contributed by atoms with van der Waals surface area (Å²) < 4.78 is 18.8. The molecule has 1 aromatic rings. The Labute approximate surface area is 124 Å². The van der Waals surface area contributed by atoms with E-state index in [1.165, 1.54) is 26.0 Å². The smallest absolute Gasteiger partial charge is 0.232 e. The van der Waals surface area contributed by atoms with Gasteiger partial charge in [0.15, 0.2) is 11.6 Å². The van der Waals surface area contributed by atoms with Crippen molar-refractivity contribution in [2.75, 3.05) is 24.3 Å². The molecule has 0 saturated heterocycles. The number of benzene rings is 1. The predicted molar refractivity (Wildman–Crippen MR) is 80.2 cm³/mol. The van der Waals surface area contributed by atoms with Gasteiger partial charge in [-0.3, -0.25) is 4.79 Å². The van der Waals surface area contributed by atoms with Crippen molar-refractivity contribution < 1.29 is 13.9 Å². The van der Waals surface area contributed by atoms with E-state index in [0.717, 1.165) is 31.4 Å². The van der Waals surface area contributed by atoms with E-state index in [1.807, 2.05) is 0 Å². The maximum Gasteiger partial charge on any atom is 0.232 e. The summed E-state index contributed by atoms with van der Waals surface area (Å²) in [6.07, 6.45) is 6.29. The number of ether oxygens (including phenoxy) is 1. The van der Waals surface area contributed by atoms with Crippen LogP contribution in [-0.2, 0) is 4.79 Å². The van der Waals surface area contributed by atoms with Crippen molar-refractivity contribution in [3.63, 3.8) is 0 Å². The van der Waals surface area contributed by atoms with Crippen LogP contribution in [0.4, 0.5) is 15.8 Å². The number of rotatable bonds is 1. The summed E-state index contributed by atoms with van der Waals surface area (Å²) in [5.41, 5.74) is 0.848. The number of amides is 1. The van der Waals surface area contributed by atoms with Crippen molar-refractivity contribution in [2.45, 2.75) is 38.5 Å². The molecular weight excluding hydrogens is 271 g/mol. The Balaban J connectivity index is 1.92. The number of anilines is 2. The van der Waals surface area contributed by atoms with Gasteiger partial charge in [0.2, 0.25) is 5.91 Å². The van der Waals surface area contributed by atoms with E-state index < -0.39 is 5.82 Å². The number of hydrogen-bond acceptors (Lipinski definition) is 3. The molecule has 3 rings (SSSR count). The van der Waals surface area contributed by atoms with E-state index in [4.69, 9.17) is 4.74 Å².